The summed E-state index contributed by atoms with van der Waals surface area (Å²) in [5.41, 5.74) is 0. The highest BCUT2D eigenvalue weighted by atomic mass is 32.2. The number of carboxylic acid groups (broad SMARTS) is 1. The van der Waals surface area contributed by atoms with Gasteiger partial charge in [-0.25, -0.2) is 0 Å². The third-order valence-electron chi connectivity index (χ3n) is 3.47. The maximum absolute atomic E-state index is 11.2. The highest BCUT2D eigenvalue weighted by molar-refractivity contribution is 8.02. The zero-order valence-electron chi connectivity index (χ0n) is 9.38. The quantitative estimate of drug-likeness (QED) is 0.724. The highest BCUT2D eigenvalue weighted by Gasteiger charge is 2.52. The number of hydrogen-bond donors (Lipinski definition) is 2. The topological polar surface area (TPSA) is 49.3 Å². The van der Waals surface area contributed by atoms with Crippen molar-refractivity contribution in [3.8, 4) is 0 Å². The molecule has 0 aromatic heterocycles. The van der Waals surface area contributed by atoms with Gasteiger partial charge in [-0.1, -0.05) is 19.3 Å². The number of carboxylic acids is 1. The third kappa shape index (κ3) is 2.02. The molecule has 2 fully saturated rings. The van der Waals surface area contributed by atoms with E-state index >= 15 is 0 Å². The molecule has 0 radical (unpaired) electrons. The first kappa shape index (κ1) is 11.3. The molecule has 1 saturated heterocycles. The SMILES string of the molecule is CC1(C)SC2(CCCCC2)NC1C(=O)O. The minimum atomic E-state index is -0.713. The van der Waals surface area contributed by atoms with E-state index in [1.807, 2.05) is 25.6 Å². The summed E-state index contributed by atoms with van der Waals surface area (Å²) in [6.45, 7) is 4.07. The Morgan fingerprint density at radius 2 is 1.93 bits per heavy atom. The lowest BCUT2D eigenvalue weighted by atomic mass is 9.93. The summed E-state index contributed by atoms with van der Waals surface area (Å²) < 4.78 is -0.191. The van der Waals surface area contributed by atoms with Crippen LogP contribution in [0, 0.1) is 0 Å². The summed E-state index contributed by atoms with van der Waals surface area (Å²) >= 11 is 1.84. The summed E-state index contributed by atoms with van der Waals surface area (Å²) in [5, 5.41) is 12.5. The Balaban J connectivity index is 2.16. The van der Waals surface area contributed by atoms with Gasteiger partial charge in [0.05, 0.1) is 4.87 Å². The lowest BCUT2D eigenvalue weighted by molar-refractivity contribution is -0.140. The van der Waals surface area contributed by atoms with Crippen molar-refractivity contribution in [1.82, 2.24) is 5.32 Å². The Kier molecular flexibility index (Phi) is 2.75. The molecule has 2 N–H and O–H groups in total. The van der Waals surface area contributed by atoms with E-state index in [2.05, 4.69) is 5.32 Å². The maximum Gasteiger partial charge on any atom is 0.322 e. The average molecular weight is 229 g/mol. The Bertz CT molecular complexity index is 272. The zero-order valence-corrected chi connectivity index (χ0v) is 10.2. The van der Waals surface area contributed by atoms with Gasteiger partial charge < -0.3 is 5.11 Å². The fraction of sp³-hybridized carbons (Fsp3) is 0.909. The molecule has 1 unspecified atom stereocenters. The maximum atomic E-state index is 11.2. The van der Waals surface area contributed by atoms with Gasteiger partial charge in [-0.05, 0) is 26.7 Å². The zero-order chi connectivity index (χ0) is 11.1. The number of carbonyl (C=O) groups is 1. The van der Waals surface area contributed by atoms with Crippen molar-refractivity contribution < 1.29 is 9.90 Å². The van der Waals surface area contributed by atoms with Crippen LogP contribution in [0.5, 0.6) is 0 Å². The number of thioether (sulfide) groups is 1. The van der Waals surface area contributed by atoms with Gasteiger partial charge in [-0.3, -0.25) is 10.1 Å². The van der Waals surface area contributed by atoms with E-state index in [4.69, 9.17) is 0 Å². The molecule has 3 nitrogen and oxygen atoms in total. The first-order valence-electron chi connectivity index (χ1n) is 5.66. The van der Waals surface area contributed by atoms with E-state index in [-0.39, 0.29) is 9.62 Å². The Morgan fingerprint density at radius 3 is 2.40 bits per heavy atom. The molecule has 15 heavy (non-hydrogen) atoms. The van der Waals surface area contributed by atoms with Gasteiger partial charge in [-0.2, -0.15) is 0 Å². The summed E-state index contributed by atoms with van der Waals surface area (Å²) in [5.74, 6) is -0.713. The van der Waals surface area contributed by atoms with Crippen molar-refractivity contribution in [2.45, 2.75) is 61.6 Å². The van der Waals surface area contributed by atoms with Crippen LogP contribution in [-0.2, 0) is 4.79 Å². The van der Waals surface area contributed by atoms with E-state index in [0.717, 1.165) is 12.8 Å². The molecule has 2 aliphatic rings. The molecule has 2 rings (SSSR count). The predicted molar refractivity (Wildman–Crippen MR) is 62.0 cm³/mol. The van der Waals surface area contributed by atoms with Crippen LogP contribution in [0.15, 0.2) is 0 Å². The molecule has 1 aliphatic heterocycles. The van der Waals surface area contributed by atoms with Crippen LogP contribution in [0.4, 0.5) is 0 Å². The molecule has 0 aromatic carbocycles. The van der Waals surface area contributed by atoms with E-state index in [1.54, 1.807) is 0 Å². The molecule has 86 valence electrons. The fourth-order valence-electron chi connectivity index (χ4n) is 2.76. The van der Waals surface area contributed by atoms with E-state index in [0.29, 0.717) is 0 Å². The number of nitrogens with one attached hydrogen (secondary N) is 1. The lowest BCUT2D eigenvalue weighted by Gasteiger charge is -2.33. The minimum absolute atomic E-state index is 0.0464. The molecule has 0 bridgehead atoms. The molecule has 1 spiro atoms. The second-order valence-electron chi connectivity index (χ2n) is 5.18. The summed E-state index contributed by atoms with van der Waals surface area (Å²) in [4.78, 5) is 11.2. The molecule has 1 atom stereocenters. The van der Waals surface area contributed by atoms with E-state index in [1.165, 1.54) is 19.3 Å². The standard InChI is InChI=1S/C11H19NO2S/c1-10(2)8(9(13)14)12-11(15-10)6-4-3-5-7-11/h8,12H,3-7H2,1-2H3,(H,13,14). The molecule has 4 heteroatoms. The van der Waals surface area contributed by atoms with Crippen LogP contribution < -0.4 is 5.32 Å². The Morgan fingerprint density at radius 1 is 1.33 bits per heavy atom. The fourth-order valence-corrected chi connectivity index (χ4v) is 4.71. The molecular weight excluding hydrogens is 210 g/mol. The van der Waals surface area contributed by atoms with Crippen LogP contribution in [0.2, 0.25) is 0 Å². The predicted octanol–water partition coefficient (Wildman–Crippen LogP) is 2.21. The Labute approximate surface area is 95.0 Å². The largest absolute Gasteiger partial charge is 0.480 e. The summed E-state index contributed by atoms with van der Waals surface area (Å²) in [7, 11) is 0. The van der Waals surface area contributed by atoms with Crippen molar-refractivity contribution in [1.29, 1.82) is 0 Å². The van der Waals surface area contributed by atoms with Crippen LogP contribution in [0.1, 0.15) is 46.0 Å². The number of hydrogen-bond acceptors (Lipinski definition) is 3. The van der Waals surface area contributed by atoms with Crippen molar-refractivity contribution in [2.24, 2.45) is 0 Å². The molecule has 0 aromatic rings. The van der Waals surface area contributed by atoms with Crippen molar-refractivity contribution in [3.63, 3.8) is 0 Å². The van der Waals surface area contributed by atoms with Crippen molar-refractivity contribution in [2.75, 3.05) is 0 Å². The second-order valence-corrected chi connectivity index (χ2v) is 7.21. The van der Waals surface area contributed by atoms with Gasteiger partial charge in [0.25, 0.3) is 0 Å². The molecular formula is C11H19NO2S. The van der Waals surface area contributed by atoms with Gasteiger partial charge in [0.2, 0.25) is 0 Å². The molecule has 1 aliphatic carbocycles. The first-order chi connectivity index (χ1) is 6.95. The van der Waals surface area contributed by atoms with Crippen LogP contribution >= 0.6 is 11.8 Å². The highest BCUT2D eigenvalue weighted by Crippen LogP contribution is 2.51. The second kappa shape index (κ2) is 3.67. The summed E-state index contributed by atoms with van der Waals surface area (Å²) in [6, 6.07) is -0.402. The van der Waals surface area contributed by atoms with Gasteiger partial charge >= 0.3 is 5.97 Å². The first-order valence-corrected chi connectivity index (χ1v) is 6.48. The van der Waals surface area contributed by atoms with Crippen LogP contribution in [0.25, 0.3) is 0 Å². The van der Waals surface area contributed by atoms with Crippen molar-refractivity contribution in [3.05, 3.63) is 0 Å². The molecule has 1 heterocycles. The van der Waals surface area contributed by atoms with Crippen LogP contribution in [0.3, 0.4) is 0 Å². The van der Waals surface area contributed by atoms with Gasteiger partial charge in [0.15, 0.2) is 0 Å². The van der Waals surface area contributed by atoms with E-state index < -0.39 is 12.0 Å². The monoisotopic (exact) mass is 229 g/mol. The van der Waals surface area contributed by atoms with E-state index in [9.17, 15) is 9.90 Å². The van der Waals surface area contributed by atoms with Gasteiger partial charge in [0, 0.05) is 4.75 Å². The van der Waals surface area contributed by atoms with Gasteiger partial charge in [-0.15, -0.1) is 11.8 Å². The summed E-state index contributed by atoms with van der Waals surface area (Å²) in [6.07, 6.45) is 5.97. The number of aliphatic carboxylic acids is 1. The van der Waals surface area contributed by atoms with Gasteiger partial charge in [0.1, 0.15) is 6.04 Å². The third-order valence-corrected chi connectivity index (χ3v) is 5.15. The average Bonchev–Trinajstić information content (AvgIpc) is 2.39. The van der Waals surface area contributed by atoms with Crippen LogP contribution in [-0.4, -0.2) is 26.7 Å². The minimum Gasteiger partial charge on any atom is -0.480 e. The normalized spacial score (nSPS) is 33.1. The smallest absolute Gasteiger partial charge is 0.322 e. The molecule has 0 amide bonds. The van der Waals surface area contributed by atoms with Crippen molar-refractivity contribution >= 4 is 17.7 Å². The Hall–Kier alpha value is -0.220. The lowest BCUT2D eigenvalue weighted by Crippen LogP contribution is -2.49. The molecule has 1 saturated carbocycles. The number of rotatable bonds is 1.